The predicted octanol–water partition coefficient (Wildman–Crippen LogP) is 7.55. The summed E-state index contributed by atoms with van der Waals surface area (Å²) in [5.41, 5.74) is 3.50. The molecule has 0 unspecified atom stereocenters. The largest absolute Gasteiger partial charge is 1.00 e. The van der Waals surface area contributed by atoms with Crippen molar-refractivity contribution < 1.29 is 26.4 Å². The molecular weight excluding hydrogens is 528 g/mol. The first-order valence-electron chi connectivity index (χ1n) is 17.1. The van der Waals surface area contributed by atoms with Gasteiger partial charge >= 0.3 is 0 Å². The summed E-state index contributed by atoms with van der Waals surface area (Å²) in [7, 11) is 4.80. The van der Waals surface area contributed by atoms with E-state index >= 15 is 0 Å². The van der Waals surface area contributed by atoms with Crippen molar-refractivity contribution >= 4 is 10.9 Å². The predicted molar refractivity (Wildman–Crippen MR) is 175 cm³/mol. The number of H-pyrrole nitrogens is 1. The number of ether oxygens (including phenoxy) is 2. The smallest absolute Gasteiger partial charge is 0.151 e. The highest BCUT2D eigenvalue weighted by Gasteiger charge is 2.20. The van der Waals surface area contributed by atoms with Gasteiger partial charge in [0.15, 0.2) is 5.75 Å². The Morgan fingerprint density at radius 3 is 1.59 bits per heavy atom. The average molecular weight is 593 g/mol. The second kappa shape index (κ2) is 22.2. The van der Waals surface area contributed by atoms with Crippen molar-refractivity contribution in [3.63, 3.8) is 0 Å². The number of unbranched alkanes of at least 4 members (excludes halogenated alkanes) is 15. The maximum absolute atomic E-state index is 6.16. The van der Waals surface area contributed by atoms with Crippen LogP contribution in [0, 0.1) is 6.92 Å². The highest BCUT2D eigenvalue weighted by Crippen LogP contribution is 2.40. The fourth-order valence-corrected chi connectivity index (χ4v) is 6.08. The number of benzene rings is 1. The molecule has 1 heterocycles. The van der Waals surface area contributed by atoms with E-state index in [1.165, 1.54) is 122 Å². The van der Waals surface area contributed by atoms with Gasteiger partial charge in [-0.3, -0.25) is 0 Å². The van der Waals surface area contributed by atoms with Gasteiger partial charge < -0.3 is 31.3 Å². The third-order valence-electron chi connectivity index (χ3n) is 8.53. The monoisotopic (exact) mass is 592 g/mol. The van der Waals surface area contributed by atoms with Crippen molar-refractivity contribution in [3.8, 4) is 11.5 Å². The number of fused-ring (bicyclic) bond motifs is 1. The summed E-state index contributed by atoms with van der Waals surface area (Å²) in [4.78, 5) is 3.65. The number of aromatic nitrogens is 1. The quantitative estimate of drug-likeness (QED) is 0.0954. The number of aryl methyl sites for hydroxylation is 2. The number of hydrogen-bond acceptors (Lipinski definition) is 2. The van der Waals surface area contributed by atoms with E-state index in [-0.39, 0.29) is 12.4 Å². The van der Waals surface area contributed by atoms with Crippen LogP contribution in [-0.4, -0.2) is 49.9 Å². The minimum Gasteiger partial charge on any atom is -1.00 e. The molecule has 0 aliphatic heterocycles. The van der Waals surface area contributed by atoms with Crippen molar-refractivity contribution in [2.45, 2.75) is 143 Å². The highest BCUT2D eigenvalue weighted by molar-refractivity contribution is 5.94. The number of quaternary nitrogens is 1. The van der Waals surface area contributed by atoms with Gasteiger partial charge in [0.2, 0.25) is 0 Å². The molecule has 0 saturated heterocycles. The van der Waals surface area contributed by atoms with Crippen molar-refractivity contribution in [2.24, 2.45) is 0 Å². The van der Waals surface area contributed by atoms with Crippen LogP contribution in [0.2, 0.25) is 0 Å². The van der Waals surface area contributed by atoms with E-state index in [9.17, 15) is 0 Å². The molecule has 238 valence electrons. The van der Waals surface area contributed by atoms with Crippen LogP contribution >= 0.6 is 0 Å². The molecule has 1 aromatic heterocycles. The molecule has 1 aromatic carbocycles. The fraction of sp³-hybridized carbons (Fsp3) is 0.778. The first-order valence-corrected chi connectivity index (χ1v) is 17.1. The molecule has 5 heteroatoms. The van der Waals surface area contributed by atoms with E-state index < -0.39 is 0 Å². The zero-order valence-electron chi connectivity index (χ0n) is 27.9. The maximum Gasteiger partial charge on any atom is 0.151 e. The van der Waals surface area contributed by atoms with Crippen LogP contribution in [-0.2, 0) is 6.42 Å². The molecular formula is C36H65ClN2O2. The molecule has 0 amide bonds. The standard InChI is InChI=1S/C36H65N2O2.ClH/c1-7-10-11-12-13-14-15-16-17-18-19-20-21-22-23-24-29-38(5,6)30-25-26-33-36(40-9-3)34-32(37-33)28-27-31(4)35(34)39-8-2;/h27-28,37H,7-26,29-30H2,1-6H3;1H/q+1;/p-1. The normalized spacial score (nSPS) is 11.7. The van der Waals surface area contributed by atoms with Gasteiger partial charge in [-0.2, -0.15) is 0 Å². The van der Waals surface area contributed by atoms with Gasteiger partial charge in [-0.1, -0.05) is 103 Å². The zero-order chi connectivity index (χ0) is 29.1. The van der Waals surface area contributed by atoms with E-state index in [0.717, 1.165) is 45.3 Å². The summed E-state index contributed by atoms with van der Waals surface area (Å²) in [5, 5.41) is 1.11. The second-order valence-electron chi connectivity index (χ2n) is 12.7. The van der Waals surface area contributed by atoms with Crippen LogP contribution in [0.5, 0.6) is 11.5 Å². The van der Waals surface area contributed by atoms with Gasteiger partial charge in [0, 0.05) is 6.42 Å². The summed E-state index contributed by atoms with van der Waals surface area (Å²) >= 11 is 0. The van der Waals surface area contributed by atoms with Crippen molar-refractivity contribution in [1.82, 2.24) is 4.98 Å². The second-order valence-corrected chi connectivity index (χ2v) is 12.7. The lowest BCUT2D eigenvalue weighted by Crippen LogP contribution is -3.00. The van der Waals surface area contributed by atoms with E-state index in [1.807, 2.05) is 6.92 Å². The topological polar surface area (TPSA) is 34.2 Å². The molecule has 1 N–H and O–H groups in total. The Morgan fingerprint density at radius 1 is 0.610 bits per heavy atom. The van der Waals surface area contributed by atoms with E-state index in [0.29, 0.717) is 13.2 Å². The third kappa shape index (κ3) is 14.6. The van der Waals surface area contributed by atoms with Gasteiger partial charge in [-0.25, -0.2) is 0 Å². The number of nitrogens with one attached hydrogen (secondary N) is 1. The molecule has 0 radical (unpaired) electrons. The first-order chi connectivity index (χ1) is 19.4. The van der Waals surface area contributed by atoms with Gasteiger partial charge in [0.25, 0.3) is 0 Å². The number of halogens is 1. The Bertz CT molecular complexity index is 924. The Hall–Kier alpha value is -1.39. The molecule has 2 rings (SSSR count). The third-order valence-corrected chi connectivity index (χ3v) is 8.53. The van der Waals surface area contributed by atoms with Crippen LogP contribution in [0.3, 0.4) is 0 Å². The Labute approximate surface area is 260 Å². The van der Waals surface area contributed by atoms with Crippen LogP contribution < -0.4 is 21.9 Å². The fourth-order valence-electron chi connectivity index (χ4n) is 6.08. The lowest BCUT2D eigenvalue weighted by atomic mass is 10.0. The van der Waals surface area contributed by atoms with Gasteiger partial charge in [0.1, 0.15) is 5.75 Å². The van der Waals surface area contributed by atoms with Crippen LogP contribution in [0.1, 0.15) is 141 Å². The van der Waals surface area contributed by atoms with Crippen LogP contribution in [0.25, 0.3) is 10.9 Å². The number of nitrogens with zero attached hydrogens (tertiary/aromatic N) is 1. The minimum absolute atomic E-state index is 0. The number of aromatic amines is 1. The SMILES string of the molecule is CCCCCCCCCCCCCCCCCC[N+](C)(C)CCCc1[nH]c2ccc(C)c(OCC)c2c1OCC.[Cl-]. The Morgan fingerprint density at radius 2 is 1.07 bits per heavy atom. The van der Waals surface area contributed by atoms with Gasteiger partial charge in [-0.05, 0) is 51.7 Å². The Balaban J connectivity index is 0.00000840. The minimum atomic E-state index is 0. The summed E-state index contributed by atoms with van der Waals surface area (Å²) < 4.78 is 13.3. The molecule has 0 saturated carbocycles. The lowest BCUT2D eigenvalue weighted by Gasteiger charge is -2.30. The molecule has 0 fully saturated rings. The highest BCUT2D eigenvalue weighted by atomic mass is 35.5. The van der Waals surface area contributed by atoms with Crippen LogP contribution in [0.15, 0.2) is 12.1 Å². The van der Waals surface area contributed by atoms with Crippen LogP contribution in [0.4, 0.5) is 0 Å². The lowest BCUT2D eigenvalue weighted by molar-refractivity contribution is -0.890. The molecule has 2 aromatic rings. The molecule has 0 bridgehead atoms. The van der Waals surface area contributed by atoms with Gasteiger partial charge in [0.05, 0.1) is 57.0 Å². The summed E-state index contributed by atoms with van der Waals surface area (Å²) in [6.45, 7) is 12.3. The molecule has 0 aliphatic rings. The van der Waals surface area contributed by atoms with Gasteiger partial charge in [-0.15, -0.1) is 0 Å². The van der Waals surface area contributed by atoms with E-state index in [2.05, 4.69) is 52.0 Å². The zero-order valence-corrected chi connectivity index (χ0v) is 28.6. The molecule has 41 heavy (non-hydrogen) atoms. The number of rotatable bonds is 25. The molecule has 0 aliphatic carbocycles. The Kier molecular flexibility index (Phi) is 20.4. The summed E-state index contributed by atoms with van der Waals surface area (Å²) in [6, 6.07) is 4.30. The maximum atomic E-state index is 6.16. The molecule has 0 spiro atoms. The number of hydrogen-bond donors (Lipinski definition) is 1. The van der Waals surface area contributed by atoms with Crippen molar-refractivity contribution in [1.29, 1.82) is 0 Å². The average Bonchev–Trinajstić information content (AvgIpc) is 3.27. The molecule has 4 nitrogen and oxygen atoms in total. The summed E-state index contributed by atoms with van der Waals surface area (Å²) in [5.74, 6) is 1.96. The molecule has 0 atom stereocenters. The van der Waals surface area contributed by atoms with Crippen molar-refractivity contribution in [3.05, 3.63) is 23.4 Å². The summed E-state index contributed by atoms with van der Waals surface area (Å²) in [6.07, 6.45) is 25.1. The first kappa shape index (κ1) is 37.6. The van der Waals surface area contributed by atoms with Crippen molar-refractivity contribution in [2.75, 3.05) is 40.4 Å². The van der Waals surface area contributed by atoms with E-state index in [1.54, 1.807) is 0 Å². The van der Waals surface area contributed by atoms with E-state index in [4.69, 9.17) is 9.47 Å².